The topological polar surface area (TPSA) is 0 Å². The molecule has 3 heteroatoms. The molecule has 0 aliphatic rings. The van der Waals surface area contributed by atoms with Crippen molar-refractivity contribution < 1.29 is 0 Å². The third-order valence-corrected chi connectivity index (χ3v) is 19.7. The zero-order valence-electron chi connectivity index (χ0n) is 11.7. The van der Waals surface area contributed by atoms with Gasteiger partial charge in [0.25, 0.3) is 0 Å². The van der Waals surface area contributed by atoms with Crippen molar-refractivity contribution >= 4 is 27.8 Å². The molecule has 0 aliphatic heterocycles. The van der Waals surface area contributed by atoms with Crippen LogP contribution in [0.4, 0.5) is 0 Å². The molecule has 94 valence electrons. The van der Waals surface area contributed by atoms with Crippen LogP contribution < -0.4 is 0 Å². The summed E-state index contributed by atoms with van der Waals surface area (Å²) in [5.74, 6) is 0. The quantitative estimate of drug-likeness (QED) is 0.458. The van der Waals surface area contributed by atoms with Crippen molar-refractivity contribution in [3.63, 3.8) is 0 Å². The van der Waals surface area contributed by atoms with Crippen molar-refractivity contribution in [3.8, 4) is 0 Å². The van der Waals surface area contributed by atoms with Gasteiger partial charge in [0.05, 0.1) is 0 Å². The molecular formula is C12H27Cl2P. The van der Waals surface area contributed by atoms with Gasteiger partial charge in [0.15, 0.2) is 0 Å². The number of hydrogen-bond donors (Lipinski definition) is 0. The van der Waals surface area contributed by atoms with Gasteiger partial charge in [-0.3, -0.25) is 0 Å². The Morgan fingerprint density at radius 3 is 0.667 bits per heavy atom. The molecule has 0 N–H and O–H groups in total. The molecule has 0 rings (SSSR count). The predicted octanol–water partition coefficient (Wildman–Crippen LogP) is 6.24. The van der Waals surface area contributed by atoms with Crippen LogP contribution in [-0.2, 0) is 0 Å². The summed E-state index contributed by atoms with van der Waals surface area (Å²) in [6.45, 7) is 19.5. The van der Waals surface area contributed by atoms with Crippen LogP contribution in [0.2, 0.25) is 0 Å². The van der Waals surface area contributed by atoms with Gasteiger partial charge >= 0.3 is 106 Å². The summed E-state index contributed by atoms with van der Waals surface area (Å²) >= 11 is 14.2. The molecule has 0 aromatic rings. The SMILES string of the molecule is CC(C)(C)P(Cl)(Cl)(C(C)(C)C)C(C)(C)C. The molecule has 0 amide bonds. The molecule has 0 aromatic carbocycles. The van der Waals surface area contributed by atoms with Gasteiger partial charge in [0.2, 0.25) is 0 Å². The van der Waals surface area contributed by atoms with Crippen LogP contribution in [0, 0.1) is 0 Å². The van der Waals surface area contributed by atoms with Gasteiger partial charge in [-0.25, -0.2) is 0 Å². The predicted molar refractivity (Wildman–Crippen MR) is 77.9 cm³/mol. The first kappa shape index (κ1) is 16.0. The van der Waals surface area contributed by atoms with E-state index in [1.54, 1.807) is 0 Å². The van der Waals surface area contributed by atoms with Crippen LogP contribution in [-0.4, -0.2) is 15.5 Å². The summed E-state index contributed by atoms with van der Waals surface area (Å²) in [6.07, 6.45) is 0. The van der Waals surface area contributed by atoms with E-state index in [2.05, 4.69) is 62.3 Å². The summed E-state index contributed by atoms with van der Waals surface area (Å²) in [6, 6.07) is 0. The molecule has 0 heterocycles. The molecule has 15 heavy (non-hydrogen) atoms. The van der Waals surface area contributed by atoms with E-state index >= 15 is 0 Å². The Bertz CT molecular complexity index is 205. The Kier molecular flexibility index (Phi) is 3.74. The van der Waals surface area contributed by atoms with Crippen molar-refractivity contribution in [3.05, 3.63) is 0 Å². The summed E-state index contributed by atoms with van der Waals surface area (Å²) in [5.41, 5.74) is 0. The first-order chi connectivity index (χ1) is 6.07. The van der Waals surface area contributed by atoms with E-state index in [0.717, 1.165) is 0 Å². The zero-order valence-corrected chi connectivity index (χ0v) is 14.1. The third kappa shape index (κ3) is 1.85. The molecule has 0 atom stereocenters. The van der Waals surface area contributed by atoms with Crippen LogP contribution in [0.25, 0.3) is 0 Å². The monoisotopic (exact) mass is 272 g/mol. The van der Waals surface area contributed by atoms with Gasteiger partial charge in [0, 0.05) is 0 Å². The second kappa shape index (κ2) is 3.50. The molecule has 0 spiro atoms. The van der Waals surface area contributed by atoms with E-state index in [-0.39, 0.29) is 15.5 Å². The molecule has 0 unspecified atom stereocenters. The fraction of sp³-hybridized carbons (Fsp3) is 1.00. The number of hydrogen-bond acceptors (Lipinski definition) is 0. The Hall–Kier alpha value is 1.01. The van der Waals surface area contributed by atoms with Crippen molar-refractivity contribution in [2.45, 2.75) is 77.8 Å². The average Bonchev–Trinajstić information content (AvgIpc) is 1.78. The van der Waals surface area contributed by atoms with Crippen molar-refractivity contribution in [1.82, 2.24) is 0 Å². The Balaban J connectivity index is 6.08. The fourth-order valence-electron chi connectivity index (χ4n) is 3.02. The van der Waals surface area contributed by atoms with Gasteiger partial charge in [-0.2, -0.15) is 0 Å². The second-order valence-corrected chi connectivity index (χ2v) is 17.8. The first-order valence-electron chi connectivity index (χ1n) is 5.51. The molecule has 0 radical (unpaired) electrons. The van der Waals surface area contributed by atoms with Gasteiger partial charge in [-0.15, -0.1) is 0 Å². The van der Waals surface area contributed by atoms with E-state index in [0.29, 0.717) is 0 Å². The van der Waals surface area contributed by atoms with Crippen molar-refractivity contribution in [1.29, 1.82) is 0 Å². The van der Waals surface area contributed by atoms with E-state index in [4.69, 9.17) is 22.5 Å². The molecule has 0 bridgehead atoms. The van der Waals surface area contributed by atoms with Crippen LogP contribution in [0.15, 0.2) is 0 Å². The standard InChI is InChI=1S/C12H27Cl2P/c1-10(2,3)15(13,14,11(4,5)6)12(7,8)9/h1-9H3. The van der Waals surface area contributed by atoms with Crippen LogP contribution in [0.1, 0.15) is 62.3 Å². The normalized spacial score (nSPS) is 18.5. The van der Waals surface area contributed by atoms with Gasteiger partial charge in [-0.05, 0) is 0 Å². The average molecular weight is 273 g/mol. The third-order valence-electron chi connectivity index (χ3n) is 3.53. The Morgan fingerprint density at radius 2 is 0.667 bits per heavy atom. The summed E-state index contributed by atoms with van der Waals surface area (Å²) in [7, 11) is 0. The molecule has 0 saturated heterocycles. The second-order valence-electron chi connectivity index (χ2n) is 7.42. The summed E-state index contributed by atoms with van der Waals surface area (Å²) in [5, 5.41) is -3.13. The maximum absolute atomic E-state index is 7.12. The van der Waals surface area contributed by atoms with E-state index in [1.165, 1.54) is 0 Å². The number of rotatable bonds is 0. The molecule has 0 nitrogen and oxygen atoms in total. The summed E-state index contributed by atoms with van der Waals surface area (Å²) < 4.78 is 0. The van der Waals surface area contributed by atoms with E-state index in [1.807, 2.05) is 0 Å². The fourth-order valence-corrected chi connectivity index (χ4v) is 9.06. The van der Waals surface area contributed by atoms with Crippen molar-refractivity contribution in [2.75, 3.05) is 0 Å². The van der Waals surface area contributed by atoms with Crippen molar-refractivity contribution in [2.24, 2.45) is 0 Å². The minimum atomic E-state index is -2.90. The van der Waals surface area contributed by atoms with E-state index < -0.39 is 5.31 Å². The van der Waals surface area contributed by atoms with E-state index in [9.17, 15) is 0 Å². The zero-order chi connectivity index (χ0) is 12.9. The minimum absolute atomic E-state index is 0.0782. The molecule has 0 aliphatic carbocycles. The van der Waals surface area contributed by atoms with Crippen LogP contribution in [0.3, 0.4) is 0 Å². The van der Waals surface area contributed by atoms with Gasteiger partial charge in [0.1, 0.15) is 0 Å². The molecular weight excluding hydrogens is 246 g/mol. The van der Waals surface area contributed by atoms with Gasteiger partial charge < -0.3 is 0 Å². The maximum atomic E-state index is 7.12. The number of halogens is 2. The van der Waals surface area contributed by atoms with Gasteiger partial charge in [-0.1, -0.05) is 0 Å². The summed E-state index contributed by atoms with van der Waals surface area (Å²) in [4.78, 5) is 0. The Labute approximate surface area is 106 Å². The van der Waals surface area contributed by atoms with Crippen LogP contribution >= 0.6 is 27.8 Å². The van der Waals surface area contributed by atoms with Crippen LogP contribution in [0.5, 0.6) is 0 Å². The molecule has 0 aromatic heterocycles. The molecule has 0 fully saturated rings. The Morgan fingerprint density at radius 1 is 0.533 bits per heavy atom. The molecule has 0 saturated carbocycles. The first-order valence-corrected chi connectivity index (χ1v) is 9.56.